The molecule has 1 fully saturated rings. The minimum atomic E-state index is -4.60. The molecule has 26 heavy (non-hydrogen) atoms. The van der Waals surface area contributed by atoms with E-state index in [0.717, 1.165) is 25.9 Å². The summed E-state index contributed by atoms with van der Waals surface area (Å²) in [6.07, 6.45) is -2.64. The lowest BCUT2D eigenvalue weighted by atomic mass is 10.0. The van der Waals surface area contributed by atoms with Crippen molar-refractivity contribution in [3.05, 3.63) is 53.1 Å². The molecular weight excluding hydrogens is 352 g/mol. The highest BCUT2D eigenvalue weighted by Crippen LogP contribution is 2.28. The Kier molecular flexibility index (Phi) is 5.26. The van der Waals surface area contributed by atoms with E-state index in [1.165, 1.54) is 6.07 Å². The van der Waals surface area contributed by atoms with E-state index in [1.807, 2.05) is 0 Å². The van der Waals surface area contributed by atoms with Crippen LogP contribution in [0.15, 0.2) is 30.3 Å². The van der Waals surface area contributed by atoms with Crippen molar-refractivity contribution in [2.45, 2.75) is 25.1 Å². The topological polar surface area (TPSA) is 61.0 Å². The van der Waals surface area contributed by atoms with Crippen molar-refractivity contribution in [2.75, 3.05) is 19.6 Å². The summed E-state index contributed by atoms with van der Waals surface area (Å²) >= 11 is 0. The highest BCUT2D eigenvalue weighted by atomic mass is 19.4. The maximum absolute atomic E-state index is 14.2. The number of halogens is 4. The van der Waals surface area contributed by atoms with Crippen LogP contribution in [0.25, 0.3) is 0 Å². The molecule has 0 saturated carbocycles. The molecule has 2 N–H and O–H groups in total. The molecule has 1 aromatic heterocycles. The van der Waals surface area contributed by atoms with Crippen molar-refractivity contribution >= 4 is 5.91 Å². The fourth-order valence-electron chi connectivity index (χ4n) is 3.10. The first kappa shape index (κ1) is 18.4. The maximum atomic E-state index is 14.2. The molecule has 1 aromatic carbocycles. The molecule has 1 saturated heterocycles. The fourth-order valence-corrected chi connectivity index (χ4v) is 3.10. The minimum Gasteiger partial charge on any atom is -0.349 e. The number of carbonyl (C=O) groups excluding carboxylic acids is 1. The Labute approximate surface area is 147 Å². The van der Waals surface area contributed by atoms with Gasteiger partial charge in [-0.25, -0.2) is 4.39 Å². The van der Waals surface area contributed by atoms with E-state index in [4.69, 9.17) is 0 Å². The number of hydrogen-bond acceptors (Lipinski definition) is 3. The first-order valence-electron chi connectivity index (χ1n) is 8.25. The van der Waals surface area contributed by atoms with Gasteiger partial charge in [0.1, 0.15) is 11.5 Å². The summed E-state index contributed by atoms with van der Waals surface area (Å²) in [6, 6.07) is 6.57. The molecule has 1 amide bonds. The number of nitrogens with one attached hydrogen (secondary N) is 2. The van der Waals surface area contributed by atoms with Crippen molar-refractivity contribution in [2.24, 2.45) is 0 Å². The van der Waals surface area contributed by atoms with Gasteiger partial charge in [0, 0.05) is 18.2 Å². The van der Waals surface area contributed by atoms with E-state index in [0.29, 0.717) is 11.6 Å². The largest absolute Gasteiger partial charge is 0.432 e. The van der Waals surface area contributed by atoms with Crippen molar-refractivity contribution < 1.29 is 22.4 Å². The summed E-state index contributed by atoms with van der Waals surface area (Å²) in [5.74, 6) is -1.12. The summed E-state index contributed by atoms with van der Waals surface area (Å²) in [5, 5.41) is 7.78. The zero-order valence-electron chi connectivity index (χ0n) is 13.8. The Bertz CT molecular complexity index is 768. The van der Waals surface area contributed by atoms with E-state index >= 15 is 0 Å². The average molecular weight is 370 g/mol. The van der Waals surface area contributed by atoms with Gasteiger partial charge < -0.3 is 5.32 Å². The molecule has 1 aliphatic heterocycles. The Morgan fingerprint density at radius 1 is 1.27 bits per heavy atom. The normalized spacial score (nSPS) is 16.6. The van der Waals surface area contributed by atoms with Gasteiger partial charge in [-0.3, -0.25) is 14.8 Å². The van der Waals surface area contributed by atoms with Crippen LogP contribution in [0.4, 0.5) is 17.6 Å². The van der Waals surface area contributed by atoms with Gasteiger partial charge >= 0.3 is 6.18 Å². The van der Waals surface area contributed by atoms with Gasteiger partial charge in [-0.05, 0) is 32.0 Å². The third-order valence-corrected chi connectivity index (χ3v) is 4.42. The molecule has 1 unspecified atom stereocenters. The predicted molar refractivity (Wildman–Crippen MR) is 85.9 cm³/mol. The van der Waals surface area contributed by atoms with Crippen molar-refractivity contribution in [3.63, 3.8) is 0 Å². The van der Waals surface area contributed by atoms with Crippen LogP contribution < -0.4 is 5.32 Å². The highest BCUT2D eigenvalue weighted by Gasteiger charge is 2.34. The highest BCUT2D eigenvalue weighted by molar-refractivity contribution is 5.92. The molecule has 5 nitrogen and oxygen atoms in total. The molecule has 3 rings (SSSR count). The van der Waals surface area contributed by atoms with Crippen LogP contribution in [-0.2, 0) is 6.18 Å². The predicted octanol–water partition coefficient (Wildman–Crippen LogP) is 3.13. The fraction of sp³-hybridized carbons (Fsp3) is 0.412. The lowest BCUT2D eigenvalue weighted by Gasteiger charge is -2.28. The molecule has 0 bridgehead atoms. The summed E-state index contributed by atoms with van der Waals surface area (Å²) < 4.78 is 52.0. The molecule has 2 aromatic rings. The Balaban J connectivity index is 1.72. The van der Waals surface area contributed by atoms with Gasteiger partial charge in [-0.2, -0.15) is 18.3 Å². The van der Waals surface area contributed by atoms with Crippen molar-refractivity contribution in [3.8, 4) is 0 Å². The third kappa shape index (κ3) is 4.04. The average Bonchev–Trinajstić information content (AvgIpc) is 3.28. The molecule has 140 valence electrons. The number of benzene rings is 1. The summed E-state index contributed by atoms with van der Waals surface area (Å²) in [6.45, 7) is 1.62. The number of likely N-dealkylation sites (tertiary alicyclic amines) is 1. The second-order valence-electron chi connectivity index (χ2n) is 6.16. The maximum Gasteiger partial charge on any atom is 0.432 e. The van der Waals surface area contributed by atoms with Crippen LogP contribution in [0.5, 0.6) is 0 Å². The van der Waals surface area contributed by atoms with Crippen molar-refractivity contribution in [1.82, 2.24) is 20.4 Å². The van der Waals surface area contributed by atoms with Crippen LogP contribution in [0.1, 0.15) is 40.6 Å². The Hall–Kier alpha value is -2.42. The zero-order valence-corrected chi connectivity index (χ0v) is 13.8. The number of amides is 1. The van der Waals surface area contributed by atoms with Crippen LogP contribution >= 0.6 is 0 Å². The monoisotopic (exact) mass is 370 g/mol. The first-order chi connectivity index (χ1) is 12.4. The quantitative estimate of drug-likeness (QED) is 0.795. The SMILES string of the molecule is O=C(NCC(c1ccccc1F)N1CCCC1)c1cc(C(F)(F)F)[nH]n1. The van der Waals surface area contributed by atoms with E-state index < -0.39 is 17.8 Å². The summed E-state index contributed by atoms with van der Waals surface area (Å²) in [4.78, 5) is 14.2. The number of hydrogen-bond donors (Lipinski definition) is 2. The van der Waals surface area contributed by atoms with E-state index in [2.05, 4.69) is 15.3 Å². The van der Waals surface area contributed by atoms with Gasteiger partial charge in [0.25, 0.3) is 5.91 Å². The lowest BCUT2D eigenvalue weighted by Crippen LogP contribution is -2.37. The van der Waals surface area contributed by atoms with Gasteiger partial charge in [0.05, 0.1) is 6.04 Å². The molecule has 1 aliphatic rings. The van der Waals surface area contributed by atoms with Crippen LogP contribution in [0.2, 0.25) is 0 Å². The number of nitrogens with zero attached hydrogens (tertiary/aromatic N) is 2. The van der Waals surface area contributed by atoms with E-state index in [9.17, 15) is 22.4 Å². The summed E-state index contributed by atoms with van der Waals surface area (Å²) in [7, 11) is 0. The number of aromatic amines is 1. The van der Waals surface area contributed by atoms with Crippen LogP contribution in [-0.4, -0.2) is 40.6 Å². The van der Waals surface area contributed by atoms with Crippen LogP contribution in [0.3, 0.4) is 0 Å². The van der Waals surface area contributed by atoms with Crippen molar-refractivity contribution in [1.29, 1.82) is 0 Å². The molecule has 1 atom stereocenters. The van der Waals surface area contributed by atoms with Crippen LogP contribution in [0, 0.1) is 5.82 Å². The van der Waals surface area contributed by atoms with Gasteiger partial charge in [0.15, 0.2) is 5.69 Å². The minimum absolute atomic E-state index is 0.0774. The van der Waals surface area contributed by atoms with Gasteiger partial charge in [-0.15, -0.1) is 0 Å². The molecular formula is C17H18F4N4O. The Morgan fingerprint density at radius 3 is 2.58 bits per heavy atom. The number of aromatic nitrogens is 2. The number of carbonyl (C=O) groups is 1. The molecule has 9 heteroatoms. The number of alkyl halides is 3. The summed E-state index contributed by atoms with van der Waals surface area (Å²) in [5.41, 5.74) is -0.994. The molecule has 0 radical (unpaired) electrons. The first-order valence-corrected chi connectivity index (χ1v) is 8.25. The zero-order chi connectivity index (χ0) is 18.7. The van der Waals surface area contributed by atoms with E-state index in [-0.39, 0.29) is 24.1 Å². The standard InChI is InChI=1S/C17H18F4N4O/c18-12-6-2-1-5-11(12)14(25-7-3-4-8-25)10-22-16(26)13-9-15(24-23-13)17(19,20)21/h1-2,5-6,9,14H,3-4,7-8,10H2,(H,22,26)(H,23,24). The smallest absolute Gasteiger partial charge is 0.349 e. The third-order valence-electron chi connectivity index (χ3n) is 4.42. The number of H-pyrrole nitrogens is 1. The molecule has 0 spiro atoms. The second kappa shape index (κ2) is 7.45. The second-order valence-corrected chi connectivity index (χ2v) is 6.16. The Morgan fingerprint density at radius 2 is 1.96 bits per heavy atom. The van der Waals surface area contributed by atoms with E-state index in [1.54, 1.807) is 23.3 Å². The number of rotatable bonds is 5. The molecule has 0 aliphatic carbocycles. The molecule has 2 heterocycles. The lowest BCUT2D eigenvalue weighted by molar-refractivity contribution is -0.141. The van der Waals surface area contributed by atoms with Gasteiger partial charge in [-0.1, -0.05) is 18.2 Å². The van der Waals surface area contributed by atoms with Gasteiger partial charge in [0.2, 0.25) is 0 Å².